The zero-order valence-corrected chi connectivity index (χ0v) is 16.3. The summed E-state index contributed by atoms with van der Waals surface area (Å²) in [5.41, 5.74) is 2.75. The molecule has 6 atom stereocenters. The molecule has 0 aromatic rings. The molecule has 0 aromatic carbocycles. The van der Waals surface area contributed by atoms with Crippen LogP contribution in [-0.2, 0) is 0 Å². The maximum Gasteiger partial charge on any atom is 0 e. The van der Waals surface area contributed by atoms with Crippen LogP contribution < -0.4 is 0 Å². The molecule has 0 bridgehead atoms. The third-order valence-electron chi connectivity index (χ3n) is 8.80. The van der Waals surface area contributed by atoms with E-state index in [0.717, 1.165) is 23.7 Å². The fourth-order valence-electron chi connectivity index (χ4n) is 7.66. The first-order valence-corrected chi connectivity index (χ1v) is 10.7. The van der Waals surface area contributed by atoms with Gasteiger partial charge >= 0.3 is 0 Å². The highest BCUT2D eigenvalue weighted by Gasteiger charge is 2.58. The quantitative estimate of drug-likeness (QED) is 0.457. The summed E-state index contributed by atoms with van der Waals surface area (Å²) in [5, 5.41) is 0. The Morgan fingerprint density at radius 1 is 1.04 bits per heavy atom. The van der Waals surface area contributed by atoms with Crippen molar-refractivity contribution in [1.82, 2.24) is 0 Å². The normalized spacial score (nSPS) is 46.5. The van der Waals surface area contributed by atoms with Crippen molar-refractivity contribution < 1.29 is 1.43 Å². The zero-order chi connectivity index (χ0) is 16.7. The first-order chi connectivity index (χ1) is 11.0. The van der Waals surface area contributed by atoms with E-state index in [4.69, 9.17) is 0 Å². The Kier molecular flexibility index (Phi) is 5.01. The van der Waals surface area contributed by atoms with Crippen LogP contribution in [0.3, 0.4) is 0 Å². The summed E-state index contributed by atoms with van der Waals surface area (Å²) < 4.78 is 0. The lowest BCUT2D eigenvalue weighted by atomic mass is 9.45. The van der Waals surface area contributed by atoms with Gasteiger partial charge in [0.25, 0.3) is 0 Å². The molecule has 0 nitrogen and oxygen atoms in total. The predicted octanol–water partition coefficient (Wildman–Crippen LogP) is 7.64. The van der Waals surface area contributed by atoms with Crippen LogP contribution in [0.4, 0.5) is 0 Å². The van der Waals surface area contributed by atoms with Crippen molar-refractivity contribution in [2.45, 2.75) is 98.3 Å². The first-order valence-electron chi connectivity index (χ1n) is 10.7. The standard InChI is InChI=1S/C23H40.H2/c1-6-9-18-11-12-19-20-13-10-17(4)22(20,5)16-14-21(19)23(18,8-3)15-7-2;/h18-21H,4,6-16H2,1-3,5H3;1H. The Morgan fingerprint density at radius 2 is 1.83 bits per heavy atom. The molecule has 3 rings (SSSR count). The van der Waals surface area contributed by atoms with Gasteiger partial charge in [0, 0.05) is 1.43 Å². The van der Waals surface area contributed by atoms with Crippen LogP contribution in [0.2, 0.25) is 0 Å². The Morgan fingerprint density at radius 3 is 2.48 bits per heavy atom. The zero-order valence-electron chi connectivity index (χ0n) is 16.3. The average molecular weight is 319 g/mol. The highest BCUT2D eigenvalue weighted by molar-refractivity contribution is 5.21. The smallest absolute Gasteiger partial charge is 0 e. The predicted molar refractivity (Wildman–Crippen MR) is 104 cm³/mol. The van der Waals surface area contributed by atoms with E-state index in [0.29, 0.717) is 10.8 Å². The molecule has 0 spiro atoms. The fraction of sp³-hybridized carbons (Fsp3) is 0.913. The maximum atomic E-state index is 4.49. The summed E-state index contributed by atoms with van der Waals surface area (Å²) in [6, 6.07) is 0. The number of fused-ring (bicyclic) bond motifs is 3. The third kappa shape index (κ3) is 2.54. The number of rotatable bonds is 5. The molecule has 0 aliphatic heterocycles. The Hall–Kier alpha value is -0.260. The van der Waals surface area contributed by atoms with E-state index in [-0.39, 0.29) is 1.43 Å². The summed E-state index contributed by atoms with van der Waals surface area (Å²) in [6.45, 7) is 14.4. The molecule has 134 valence electrons. The number of allylic oxidation sites excluding steroid dienone is 1. The summed E-state index contributed by atoms with van der Waals surface area (Å²) in [7, 11) is 0. The molecular weight excluding hydrogens is 276 g/mol. The highest BCUT2D eigenvalue weighted by Crippen LogP contribution is 2.67. The minimum absolute atomic E-state index is 0. The topological polar surface area (TPSA) is 0 Å². The van der Waals surface area contributed by atoms with Gasteiger partial charge in [0.15, 0.2) is 0 Å². The van der Waals surface area contributed by atoms with Gasteiger partial charge in [-0.3, -0.25) is 0 Å². The van der Waals surface area contributed by atoms with E-state index in [2.05, 4.69) is 34.3 Å². The van der Waals surface area contributed by atoms with E-state index in [1.54, 1.807) is 5.57 Å². The van der Waals surface area contributed by atoms with Crippen LogP contribution in [0.1, 0.15) is 99.8 Å². The minimum atomic E-state index is 0. The lowest BCUT2D eigenvalue weighted by molar-refractivity contribution is -0.0986. The van der Waals surface area contributed by atoms with Crippen LogP contribution in [0, 0.1) is 34.5 Å². The van der Waals surface area contributed by atoms with Gasteiger partial charge in [-0.1, -0.05) is 59.1 Å². The Bertz CT molecular complexity index is 441. The van der Waals surface area contributed by atoms with Crippen molar-refractivity contribution in [2.75, 3.05) is 0 Å². The molecule has 0 radical (unpaired) electrons. The van der Waals surface area contributed by atoms with E-state index >= 15 is 0 Å². The summed E-state index contributed by atoms with van der Waals surface area (Å²) in [6.07, 6.45) is 15.9. The molecule has 6 unspecified atom stereocenters. The lowest BCUT2D eigenvalue weighted by Crippen LogP contribution is -2.52. The van der Waals surface area contributed by atoms with Gasteiger partial charge in [-0.05, 0) is 85.9 Å². The van der Waals surface area contributed by atoms with Gasteiger partial charge in [0.1, 0.15) is 0 Å². The monoisotopic (exact) mass is 318 g/mol. The number of hydrogen-bond donors (Lipinski definition) is 0. The number of hydrogen-bond acceptors (Lipinski definition) is 0. The molecule has 0 amide bonds. The van der Waals surface area contributed by atoms with E-state index in [9.17, 15) is 0 Å². The molecule has 23 heavy (non-hydrogen) atoms. The Balaban J connectivity index is 0.00000208. The summed E-state index contributed by atoms with van der Waals surface area (Å²) in [4.78, 5) is 0. The minimum Gasteiger partial charge on any atom is -0.0993 e. The van der Waals surface area contributed by atoms with Crippen LogP contribution in [0.15, 0.2) is 12.2 Å². The second kappa shape index (κ2) is 6.57. The summed E-state index contributed by atoms with van der Waals surface area (Å²) in [5.74, 6) is 3.99. The average Bonchev–Trinajstić information content (AvgIpc) is 2.85. The third-order valence-corrected chi connectivity index (χ3v) is 8.80. The van der Waals surface area contributed by atoms with Crippen molar-refractivity contribution >= 4 is 0 Å². The van der Waals surface area contributed by atoms with Crippen molar-refractivity contribution in [3.05, 3.63) is 12.2 Å². The Labute approximate surface area is 147 Å². The maximum absolute atomic E-state index is 4.49. The highest BCUT2D eigenvalue weighted by atomic mass is 14.6. The van der Waals surface area contributed by atoms with Gasteiger partial charge in [-0.2, -0.15) is 0 Å². The molecule has 3 fully saturated rings. The molecule has 0 aromatic heterocycles. The molecule has 3 saturated carbocycles. The van der Waals surface area contributed by atoms with Crippen molar-refractivity contribution in [2.24, 2.45) is 34.5 Å². The van der Waals surface area contributed by atoms with Crippen LogP contribution in [0.5, 0.6) is 0 Å². The molecule has 3 aliphatic rings. The van der Waals surface area contributed by atoms with Crippen molar-refractivity contribution in [1.29, 1.82) is 0 Å². The molecule has 0 saturated heterocycles. The lowest BCUT2D eigenvalue weighted by Gasteiger charge is -2.60. The molecule has 0 N–H and O–H groups in total. The van der Waals surface area contributed by atoms with Gasteiger partial charge < -0.3 is 0 Å². The molecule has 3 aliphatic carbocycles. The van der Waals surface area contributed by atoms with E-state index < -0.39 is 0 Å². The van der Waals surface area contributed by atoms with Crippen molar-refractivity contribution in [3.8, 4) is 0 Å². The van der Waals surface area contributed by atoms with Gasteiger partial charge in [-0.25, -0.2) is 0 Å². The van der Waals surface area contributed by atoms with E-state index in [1.165, 1.54) is 70.6 Å². The SMILES string of the molecule is C=C1CCC2C3CCC(CCC)C(CC)(CCC)C3CCC12C.[HH]. The second-order valence-corrected chi connectivity index (χ2v) is 9.37. The second-order valence-electron chi connectivity index (χ2n) is 9.37. The first kappa shape index (κ1) is 17.6. The van der Waals surface area contributed by atoms with Crippen LogP contribution >= 0.6 is 0 Å². The molecular formula is C23H42. The van der Waals surface area contributed by atoms with E-state index in [1.807, 2.05) is 0 Å². The van der Waals surface area contributed by atoms with Crippen LogP contribution in [0.25, 0.3) is 0 Å². The van der Waals surface area contributed by atoms with Crippen molar-refractivity contribution in [3.63, 3.8) is 0 Å². The largest absolute Gasteiger partial charge is 0.0993 e. The van der Waals surface area contributed by atoms with Crippen LogP contribution in [-0.4, -0.2) is 0 Å². The molecule has 0 heterocycles. The summed E-state index contributed by atoms with van der Waals surface area (Å²) >= 11 is 0. The van der Waals surface area contributed by atoms with Gasteiger partial charge in [-0.15, -0.1) is 0 Å². The van der Waals surface area contributed by atoms with Gasteiger partial charge in [0.05, 0.1) is 0 Å². The fourth-order valence-corrected chi connectivity index (χ4v) is 7.66. The van der Waals surface area contributed by atoms with Gasteiger partial charge in [0.2, 0.25) is 0 Å². The molecule has 0 heteroatoms.